The van der Waals surface area contributed by atoms with Gasteiger partial charge in [-0.05, 0) is 20.3 Å². The molecule has 22 heavy (non-hydrogen) atoms. The largest absolute Gasteiger partial charge is 0.302 e. The molecule has 120 valence electrons. The molecule has 0 aliphatic heterocycles. The van der Waals surface area contributed by atoms with Crippen molar-refractivity contribution in [2.75, 3.05) is 5.32 Å². The highest BCUT2D eigenvalue weighted by molar-refractivity contribution is 7.16. The van der Waals surface area contributed by atoms with E-state index in [0.29, 0.717) is 11.6 Å². The van der Waals surface area contributed by atoms with Crippen LogP contribution in [0.4, 0.5) is 5.13 Å². The Bertz CT molecular complexity index is 619. The van der Waals surface area contributed by atoms with Gasteiger partial charge in [-0.3, -0.25) is 4.79 Å². The lowest BCUT2D eigenvalue weighted by Gasteiger charge is -2.01. The SMILES string of the molecule is CCCCCCCC(=O)Nc1nc(-c2sc(C)nc2C)cs1. The van der Waals surface area contributed by atoms with Crippen LogP contribution in [0.3, 0.4) is 0 Å². The highest BCUT2D eigenvalue weighted by Gasteiger charge is 2.12. The Morgan fingerprint density at radius 2 is 1.95 bits per heavy atom. The van der Waals surface area contributed by atoms with Gasteiger partial charge in [0.05, 0.1) is 21.3 Å². The number of carbonyl (C=O) groups is 1. The van der Waals surface area contributed by atoms with Crippen molar-refractivity contribution >= 4 is 33.7 Å². The molecule has 1 amide bonds. The third-order valence-corrected chi connectivity index (χ3v) is 5.25. The van der Waals surface area contributed by atoms with Crippen LogP contribution in [0.5, 0.6) is 0 Å². The lowest BCUT2D eigenvalue weighted by Crippen LogP contribution is -2.10. The molecule has 1 N–H and O–H groups in total. The molecule has 0 aliphatic carbocycles. The summed E-state index contributed by atoms with van der Waals surface area (Å²) in [5.41, 5.74) is 1.91. The van der Waals surface area contributed by atoms with Gasteiger partial charge >= 0.3 is 0 Å². The van der Waals surface area contributed by atoms with Gasteiger partial charge in [-0.2, -0.15) is 0 Å². The van der Waals surface area contributed by atoms with Crippen LogP contribution < -0.4 is 5.32 Å². The molecule has 0 atom stereocenters. The fourth-order valence-corrected chi connectivity index (χ4v) is 3.95. The van der Waals surface area contributed by atoms with Gasteiger partial charge in [0.2, 0.25) is 5.91 Å². The van der Waals surface area contributed by atoms with Crippen LogP contribution in [-0.4, -0.2) is 15.9 Å². The van der Waals surface area contributed by atoms with Crippen molar-refractivity contribution in [1.29, 1.82) is 0 Å². The number of thiazole rings is 2. The van der Waals surface area contributed by atoms with Crippen LogP contribution in [-0.2, 0) is 4.79 Å². The van der Waals surface area contributed by atoms with E-state index in [1.807, 2.05) is 19.2 Å². The van der Waals surface area contributed by atoms with Crippen molar-refractivity contribution in [3.05, 3.63) is 16.1 Å². The van der Waals surface area contributed by atoms with Gasteiger partial charge in [-0.15, -0.1) is 22.7 Å². The highest BCUT2D eigenvalue weighted by Crippen LogP contribution is 2.32. The number of hydrogen-bond donors (Lipinski definition) is 1. The highest BCUT2D eigenvalue weighted by atomic mass is 32.1. The minimum atomic E-state index is 0.0644. The van der Waals surface area contributed by atoms with Crippen molar-refractivity contribution < 1.29 is 4.79 Å². The normalized spacial score (nSPS) is 10.9. The van der Waals surface area contributed by atoms with Gasteiger partial charge in [-0.25, -0.2) is 9.97 Å². The van der Waals surface area contributed by atoms with E-state index in [1.54, 1.807) is 11.3 Å². The molecule has 2 aromatic heterocycles. The molecule has 2 rings (SSSR count). The van der Waals surface area contributed by atoms with Crippen molar-refractivity contribution in [3.63, 3.8) is 0 Å². The zero-order chi connectivity index (χ0) is 15.9. The number of nitrogens with zero attached hydrogens (tertiary/aromatic N) is 2. The van der Waals surface area contributed by atoms with E-state index in [-0.39, 0.29) is 5.91 Å². The van der Waals surface area contributed by atoms with Crippen LogP contribution in [0, 0.1) is 13.8 Å². The molecule has 2 aromatic rings. The maximum atomic E-state index is 11.9. The van der Waals surface area contributed by atoms with Gasteiger partial charge in [0.25, 0.3) is 0 Å². The first-order chi connectivity index (χ1) is 10.6. The van der Waals surface area contributed by atoms with E-state index in [9.17, 15) is 4.79 Å². The van der Waals surface area contributed by atoms with Crippen LogP contribution in [0.25, 0.3) is 10.6 Å². The van der Waals surface area contributed by atoms with E-state index in [2.05, 4.69) is 22.2 Å². The summed E-state index contributed by atoms with van der Waals surface area (Å²) in [6.07, 6.45) is 6.36. The predicted molar refractivity (Wildman–Crippen MR) is 94.7 cm³/mol. The zero-order valence-corrected chi connectivity index (χ0v) is 15.1. The second kappa shape index (κ2) is 8.39. The first-order valence-electron chi connectivity index (χ1n) is 7.80. The summed E-state index contributed by atoms with van der Waals surface area (Å²) >= 11 is 3.12. The second-order valence-corrected chi connectivity index (χ2v) is 7.46. The molecule has 0 unspecified atom stereocenters. The minimum Gasteiger partial charge on any atom is -0.302 e. The summed E-state index contributed by atoms with van der Waals surface area (Å²) in [4.78, 5) is 21.9. The van der Waals surface area contributed by atoms with Crippen molar-refractivity contribution in [2.45, 2.75) is 59.3 Å². The van der Waals surface area contributed by atoms with Gasteiger partial charge in [0.15, 0.2) is 5.13 Å². The van der Waals surface area contributed by atoms with Crippen LogP contribution in [0.2, 0.25) is 0 Å². The molecule has 0 fully saturated rings. The Kier molecular flexibility index (Phi) is 6.51. The van der Waals surface area contributed by atoms with Gasteiger partial charge in [0.1, 0.15) is 0 Å². The molecule has 0 aromatic carbocycles. The Hall–Kier alpha value is -1.27. The third-order valence-electron chi connectivity index (χ3n) is 3.39. The molecule has 0 saturated heterocycles. The zero-order valence-electron chi connectivity index (χ0n) is 13.4. The molecule has 0 saturated carbocycles. The lowest BCUT2D eigenvalue weighted by molar-refractivity contribution is -0.116. The summed E-state index contributed by atoms with van der Waals surface area (Å²) in [5.74, 6) is 0.0644. The molecular formula is C16H23N3OS2. The Morgan fingerprint density at radius 1 is 1.18 bits per heavy atom. The Morgan fingerprint density at radius 3 is 2.64 bits per heavy atom. The number of aryl methyl sites for hydroxylation is 2. The van der Waals surface area contributed by atoms with Gasteiger partial charge in [-0.1, -0.05) is 32.6 Å². The first kappa shape index (κ1) is 17.1. The van der Waals surface area contributed by atoms with E-state index >= 15 is 0 Å². The molecule has 2 heterocycles. The molecule has 0 radical (unpaired) electrons. The minimum absolute atomic E-state index is 0.0644. The number of nitrogens with one attached hydrogen (secondary N) is 1. The summed E-state index contributed by atoms with van der Waals surface area (Å²) in [7, 11) is 0. The predicted octanol–water partition coefficient (Wildman–Crippen LogP) is 5.18. The standard InChI is InChI=1S/C16H23N3OS2/c1-4-5-6-7-8-9-14(20)19-16-18-13(10-21-16)15-11(2)17-12(3)22-15/h10H,4-9H2,1-3H3,(H,18,19,20). The fourth-order valence-electron chi connectivity index (χ4n) is 2.28. The van der Waals surface area contributed by atoms with Crippen LogP contribution in [0.15, 0.2) is 5.38 Å². The maximum absolute atomic E-state index is 11.9. The Balaban J connectivity index is 1.84. The average molecular weight is 338 g/mol. The molecular weight excluding hydrogens is 314 g/mol. The van der Waals surface area contributed by atoms with E-state index in [4.69, 9.17) is 0 Å². The molecule has 0 spiro atoms. The van der Waals surface area contributed by atoms with Crippen molar-refractivity contribution in [1.82, 2.24) is 9.97 Å². The van der Waals surface area contributed by atoms with Crippen molar-refractivity contribution in [3.8, 4) is 10.6 Å². The number of rotatable bonds is 8. The summed E-state index contributed by atoms with van der Waals surface area (Å²) < 4.78 is 0. The number of amides is 1. The summed E-state index contributed by atoms with van der Waals surface area (Å²) in [6, 6.07) is 0. The van der Waals surface area contributed by atoms with Crippen LogP contribution >= 0.6 is 22.7 Å². The van der Waals surface area contributed by atoms with E-state index < -0.39 is 0 Å². The van der Waals surface area contributed by atoms with Gasteiger partial charge in [0, 0.05) is 11.8 Å². The smallest absolute Gasteiger partial charge is 0.226 e. The number of aromatic nitrogens is 2. The fraction of sp³-hybridized carbons (Fsp3) is 0.562. The summed E-state index contributed by atoms with van der Waals surface area (Å²) in [5, 5.41) is 6.60. The number of unbranched alkanes of at least 4 members (excludes halogenated alkanes) is 4. The number of anilines is 1. The monoisotopic (exact) mass is 337 g/mol. The molecule has 0 aliphatic rings. The third kappa shape index (κ3) is 4.88. The summed E-state index contributed by atoms with van der Waals surface area (Å²) in [6.45, 7) is 6.18. The topological polar surface area (TPSA) is 54.9 Å². The average Bonchev–Trinajstić information content (AvgIpc) is 3.05. The van der Waals surface area contributed by atoms with Crippen molar-refractivity contribution in [2.24, 2.45) is 0 Å². The lowest BCUT2D eigenvalue weighted by atomic mass is 10.1. The number of hydrogen-bond acceptors (Lipinski definition) is 5. The van der Waals surface area contributed by atoms with E-state index in [1.165, 1.54) is 30.6 Å². The molecule has 4 nitrogen and oxygen atoms in total. The van der Waals surface area contributed by atoms with Gasteiger partial charge < -0.3 is 5.32 Å². The molecule has 6 heteroatoms. The van der Waals surface area contributed by atoms with E-state index in [0.717, 1.165) is 34.1 Å². The molecule has 0 bridgehead atoms. The maximum Gasteiger partial charge on any atom is 0.226 e. The first-order valence-corrected chi connectivity index (χ1v) is 9.49. The second-order valence-electron chi connectivity index (χ2n) is 5.40. The number of carbonyl (C=O) groups excluding carboxylic acids is 1. The Labute approximate surface area is 140 Å². The quantitative estimate of drug-likeness (QED) is 0.675. The van der Waals surface area contributed by atoms with Crippen LogP contribution in [0.1, 0.15) is 56.2 Å².